The monoisotopic (exact) mass is 345 g/mol. The second-order valence-corrected chi connectivity index (χ2v) is 5.58. The number of rotatable bonds is 5. The van der Waals surface area contributed by atoms with Gasteiger partial charge in [0.15, 0.2) is 11.3 Å². The summed E-state index contributed by atoms with van der Waals surface area (Å²) in [6.07, 6.45) is 0. The van der Waals surface area contributed by atoms with Gasteiger partial charge in [-0.15, -0.1) is 0 Å². The van der Waals surface area contributed by atoms with E-state index in [-0.39, 0.29) is 5.56 Å². The molecule has 0 aliphatic carbocycles. The summed E-state index contributed by atoms with van der Waals surface area (Å²) in [5.41, 5.74) is 0.368. The maximum atomic E-state index is 13.7. The molecule has 0 saturated heterocycles. The molecule has 0 radical (unpaired) electrons. The van der Waals surface area contributed by atoms with Crippen LogP contribution in [0.15, 0.2) is 46.9 Å². The fourth-order valence-corrected chi connectivity index (χ4v) is 2.56. The number of ether oxygens (including phenoxy) is 1. The summed E-state index contributed by atoms with van der Waals surface area (Å²) in [6, 6.07) is 9.65. The molecular weight excluding hydrogens is 328 g/mol. The van der Waals surface area contributed by atoms with E-state index >= 15 is 0 Å². The largest absolute Gasteiger partial charge is 0.490 e. The molecule has 1 aromatic heterocycles. The molecule has 0 fully saturated rings. The zero-order valence-corrected chi connectivity index (χ0v) is 13.8. The molecule has 130 valence electrons. The van der Waals surface area contributed by atoms with Gasteiger partial charge in [-0.2, -0.15) is 0 Å². The molecule has 2 aromatic carbocycles. The Morgan fingerprint density at radius 1 is 1.24 bits per heavy atom. The molecular formula is C19H17F2NO3. The van der Waals surface area contributed by atoms with Crippen molar-refractivity contribution in [1.29, 1.82) is 0 Å². The molecule has 4 nitrogen and oxygen atoms in total. The molecule has 0 saturated carbocycles. The van der Waals surface area contributed by atoms with Crippen LogP contribution in [0.4, 0.5) is 8.78 Å². The number of hydrogen-bond donors (Lipinski definition) is 1. The van der Waals surface area contributed by atoms with Crippen LogP contribution in [0, 0.1) is 11.6 Å². The van der Waals surface area contributed by atoms with E-state index in [1.807, 2.05) is 19.1 Å². The van der Waals surface area contributed by atoms with Gasteiger partial charge in [0.25, 0.3) is 5.91 Å². The Morgan fingerprint density at radius 2 is 2.04 bits per heavy atom. The molecule has 1 N–H and O–H groups in total. The van der Waals surface area contributed by atoms with E-state index < -0.39 is 23.6 Å². The van der Waals surface area contributed by atoms with Crippen molar-refractivity contribution in [3.05, 3.63) is 65.4 Å². The second kappa shape index (κ2) is 6.93. The Bertz CT molecular complexity index is 920. The highest BCUT2D eigenvalue weighted by Crippen LogP contribution is 2.31. The zero-order chi connectivity index (χ0) is 18.0. The van der Waals surface area contributed by atoms with Gasteiger partial charge in [0.1, 0.15) is 17.4 Å². The van der Waals surface area contributed by atoms with Gasteiger partial charge in [-0.25, -0.2) is 8.78 Å². The molecule has 25 heavy (non-hydrogen) atoms. The van der Waals surface area contributed by atoms with Crippen LogP contribution in [0.5, 0.6) is 5.75 Å². The minimum atomic E-state index is -0.909. The van der Waals surface area contributed by atoms with Crippen LogP contribution < -0.4 is 10.1 Å². The summed E-state index contributed by atoms with van der Waals surface area (Å²) in [5.74, 6) is -1.15. The fraction of sp³-hybridized carbons (Fsp3) is 0.211. The van der Waals surface area contributed by atoms with Crippen LogP contribution in [-0.4, -0.2) is 12.5 Å². The van der Waals surface area contributed by atoms with Crippen molar-refractivity contribution in [3.8, 4) is 5.75 Å². The van der Waals surface area contributed by atoms with Crippen molar-refractivity contribution in [2.24, 2.45) is 0 Å². The first-order valence-corrected chi connectivity index (χ1v) is 7.90. The second-order valence-electron chi connectivity index (χ2n) is 5.58. The van der Waals surface area contributed by atoms with Crippen LogP contribution in [-0.2, 0) is 0 Å². The fourth-order valence-electron chi connectivity index (χ4n) is 2.56. The number of carbonyl (C=O) groups is 1. The molecule has 1 amide bonds. The third-order valence-corrected chi connectivity index (χ3v) is 3.78. The van der Waals surface area contributed by atoms with Crippen LogP contribution in [0.3, 0.4) is 0 Å². The smallest absolute Gasteiger partial charge is 0.254 e. The summed E-state index contributed by atoms with van der Waals surface area (Å²) < 4.78 is 38.0. The average Bonchev–Trinajstić information content (AvgIpc) is 3.00. The van der Waals surface area contributed by atoms with Crippen molar-refractivity contribution < 1.29 is 22.7 Å². The predicted octanol–water partition coefficient (Wildman–Crippen LogP) is 4.60. The third-order valence-electron chi connectivity index (χ3n) is 3.78. The summed E-state index contributed by atoms with van der Waals surface area (Å²) in [6.45, 7) is 4.10. The first kappa shape index (κ1) is 17.0. The van der Waals surface area contributed by atoms with E-state index in [1.54, 1.807) is 19.1 Å². The summed E-state index contributed by atoms with van der Waals surface area (Å²) in [5, 5.41) is 3.49. The van der Waals surface area contributed by atoms with E-state index in [4.69, 9.17) is 9.15 Å². The molecule has 0 aliphatic rings. The Kier molecular flexibility index (Phi) is 4.70. The number of halogens is 2. The van der Waals surface area contributed by atoms with Gasteiger partial charge in [0.05, 0.1) is 18.2 Å². The molecule has 3 rings (SSSR count). The molecule has 1 atom stereocenters. The standard InChI is InChI=1S/C19H17F2NO3/c1-3-24-16-6-4-5-12-9-17(25-18(12)16)11(2)22-19(23)14-8-7-13(20)10-15(14)21/h4-11H,3H2,1-2H3,(H,22,23). The van der Waals surface area contributed by atoms with Crippen molar-refractivity contribution in [2.75, 3.05) is 6.61 Å². The quantitative estimate of drug-likeness (QED) is 0.735. The van der Waals surface area contributed by atoms with Gasteiger partial charge >= 0.3 is 0 Å². The van der Waals surface area contributed by atoms with Gasteiger partial charge in [-0.1, -0.05) is 12.1 Å². The van der Waals surface area contributed by atoms with Crippen molar-refractivity contribution in [1.82, 2.24) is 5.32 Å². The van der Waals surface area contributed by atoms with Gasteiger partial charge in [-0.3, -0.25) is 4.79 Å². The highest BCUT2D eigenvalue weighted by atomic mass is 19.1. The Hall–Kier alpha value is -2.89. The van der Waals surface area contributed by atoms with Crippen LogP contribution in [0.25, 0.3) is 11.0 Å². The number of furan rings is 1. The number of amides is 1. The SMILES string of the molecule is CCOc1cccc2cc(C(C)NC(=O)c3ccc(F)cc3F)oc12. The lowest BCUT2D eigenvalue weighted by molar-refractivity contribution is 0.0931. The normalized spacial score (nSPS) is 12.2. The molecule has 6 heteroatoms. The summed E-state index contributed by atoms with van der Waals surface area (Å²) in [7, 11) is 0. The highest BCUT2D eigenvalue weighted by Gasteiger charge is 2.19. The molecule has 0 spiro atoms. The van der Waals surface area contributed by atoms with E-state index in [0.717, 1.165) is 17.5 Å². The van der Waals surface area contributed by atoms with E-state index in [2.05, 4.69) is 5.32 Å². The minimum absolute atomic E-state index is 0.223. The van der Waals surface area contributed by atoms with Gasteiger partial charge < -0.3 is 14.5 Å². The number of para-hydroxylation sites is 1. The van der Waals surface area contributed by atoms with Gasteiger partial charge in [0.2, 0.25) is 0 Å². The number of carbonyl (C=O) groups excluding carboxylic acids is 1. The molecule has 0 aliphatic heterocycles. The maximum Gasteiger partial charge on any atom is 0.254 e. The third kappa shape index (κ3) is 3.47. The van der Waals surface area contributed by atoms with Crippen LogP contribution in [0.2, 0.25) is 0 Å². The van der Waals surface area contributed by atoms with Crippen molar-refractivity contribution in [2.45, 2.75) is 19.9 Å². The first-order valence-electron chi connectivity index (χ1n) is 7.90. The first-order chi connectivity index (χ1) is 12.0. The number of hydrogen-bond acceptors (Lipinski definition) is 3. The summed E-state index contributed by atoms with van der Waals surface area (Å²) in [4.78, 5) is 12.2. The lowest BCUT2D eigenvalue weighted by atomic mass is 10.1. The zero-order valence-electron chi connectivity index (χ0n) is 13.8. The molecule has 0 bridgehead atoms. The Morgan fingerprint density at radius 3 is 2.76 bits per heavy atom. The lowest BCUT2D eigenvalue weighted by Gasteiger charge is -2.12. The van der Waals surface area contributed by atoms with E-state index in [9.17, 15) is 13.6 Å². The Labute approximate surface area is 143 Å². The van der Waals surface area contributed by atoms with Crippen LogP contribution in [0.1, 0.15) is 36.0 Å². The van der Waals surface area contributed by atoms with E-state index in [0.29, 0.717) is 29.8 Å². The van der Waals surface area contributed by atoms with Crippen molar-refractivity contribution >= 4 is 16.9 Å². The molecule has 1 unspecified atom stereocenters. The maximum absolute atomic E-state index is 13.7. The van der Waals surface area contributed by atoms with Gasteiger partial charge in [-0.05, 0) is 38.1 Å². The number of benzene rings is 2. The minimum Gasteiger partial charge on any atom is -0.490 e. The van der Waals surface area contributed by atoms with Crippen molar-refractivity contribution in [3.63, 3.8) is 0 Å². The predicted molar refractivity (Wildman–Crippen MR) is 89.6 cm³/mol. The van der Waals surface area contributed by atoms with E-state index in [1.165, 1.54) is 0 Å². The highest BCUT2D eigenvalue weighted by molar-refractivity contribution is 5.94. The lowest BCUT2D eigenvalue weighted by Crippen LogP contribution is -2.27. The Balaban J connectivity index is 1.83. The van der Waals surface area contributed by atoms with Crippen LogP contribution >= 0.6 is 0 Å². The molecule has 1 heterocycles. The topological polar surface area (TPSA) is 51.5 Å². The average molecular weight is 345 g/mol. The number of fused-ring (bicyclic) bond motifs is 1. The number of nitrogens with one attached hydrogen (secondary N) is 1. The summed E-state index contributed by atoms with van der Waals surface area (Å²) >= 11 is 0. The molecule has 3 aromatic rings. The van der Waals surface area contributed by atoms with Gasteiger partial charge in [0, 0.05) is 11.5 Å².